The van der Waals surface area contributed by atoms with Crippen molar-refractivity contribution in [1.29, 1.82) is 0 Å². The minimum Gasteiger partial charge on any atom is -0.282 e. The minimum absolute atomic E-state index is 0.0227. The Bertz CT molecular complexity index is 1940. The summed E-state index contributed by atoms with van der Waals surface area (Å²) in [5.41, 5.74) is 0. The molecule has 0 heterocycles. The predicted molar refractivity (Wildman–Crippen MR) is 136 cm³/mol. The van der Waals surface area contributed by atoms with E-state index in [0.29, 0.717) is 12.1 Å². The zero-order chi connectivity index (χ0) is 31.9. The molecule has 1 N–H and O–H groups in total. The number of hydrogen-bond donors (Lipinski definition) is 1. The number of benzene rings is 4. The fourth-order valence-electron chi connectivity index (χ4n) is 2.96. The molecule has 0 bridgehead atoms. The zero-order valence-electron chi connectivity index (χ0n) is 20.4. The van der Waals surface area contributed by atoms with Crippen molar-refractivity contribution >= 4 is 40.4 Å². The van der Waals surface area contributed by atoms with Crippen LogP contribution >= 0.6 is 0 Å². The number of hydrogen-bond acceptors (Lipinski definition) is 9. The Labute approximate surface area is 238 Å². The highest BCUT2D eigenvalue weighted by Gasteiger charge is 2.23. The summed E-state index contributed by atoms with van der Waals surface area (Å²) in [7, 11) is -15.9. The van der Waals surface area contributed by atoms with Crippen molar-refractivity contribution in [1.82, 2.24) is 0 Å². The first-order valence-corrected chi connectivity index (χ1v) is 16.1. The van der Waals surface area contributed by atoms with E-state index in [1.807, 2.05) is 0 Å². The van der Waals surface area contributed by atoms with E-state index in [-0.39, 0.29) is 14.7 Å². The van der Waals surface area contributed by atoms with Gasteiger partial charge in [-0.3, -0.25) is 4.55 Å². The van der Waals surface area contributed by atoms with Crippen LogP contribution in [-0.2, 0) is 40.4 Å². The van der Waals surface area contributed by atoms with Gasteiger partial charge in [-0.15, -0.1) is 12.6 Å². The second-order valence-electron chi connectivity index (χ2n) is 7.64. The van der Waals surface area contributed by atoms with Crippen molar-refractivity contribution < 1.29 is 60.0 Å². The van der Waals surface area contributed by atoms with Gasteiger partial charge >= 0.3 is 10.6 Å². The van der Waals surface area contributed by atoms with Crippen LogP contribution in [0.4, 0.5) is 17.6 Å². The summed E-state index contributed by atoms with van der Waals surface area (Å²) in [5.74, 6) is -2.95. The third-order valence-electron chi connectivity index (χ3n) is 4.86. The van der Waals surface area contributed by atoms with Gasteiger partial charge in [0.05, 0.1) is 19.6 Å². The lowest BCUT2D eigenvalue weighted by Gasteiger charge is -2.06. The van der Waals surface area contributed by atoms with Gasteiger partial charge in [-0.05, 0) is 91.0 Å². The summed E-state index contributed by atoms with van der Waals surface area (Å²) >= 11 is 0. The second-order valence-corrected chi connectivity index (χ2v) is 13.3. The minimum atomic E-state index is -4.90. The molecule has 4 rings (SSSR count). The molecule has 0 spiro atoms. The topological polar surface area (TPSA) is 174 Å². The highest BCUT2D eigenvalue weighted by atomic mass is 32.2. The van der Waals surface area contributed by atoms with Crippen LogP contribution in [0.1, 0.15) is 0 Å². The standard InChI is InChI=1S/C12H8F2O5S2.C12H8F2O2S.O3S/c13-8-1-3-9(4-2-8)20(15,16)10-5-6-11(14)12(7-10)21(17,18)19;13-9-1-5-11(6-2-9)17(15,16)12-7-3-10(14)4-8-12;1-4(2)3/h1-7H,(H,17,18,19);1-8H;. The Balaban J connectivity index is 0.000000265. The van der Waals surface area contributed by atoms with Gasteiger partial charge in [-0.25, -0.2) is 34.4 Å². The van der Waals surface area contributed by atoms with Gasteiger partial charge < -0.3 is 0 Å². The Kier molecular flexibility index (Phi) is 11.2. The number of halogens is 4. The number of sulfone groups is 2. The van der Waals surface area contributed by atoms with Crippen LogP contribution in [-0.4, -0.2) is 42.4 Å². The molecule has 0 radical (unpaired) electrons. The van der Waals surface area contributed by atoms with Crippen molar-refractivity contribution in [3.8, 4) is 0 Å². The van der Waals surface area contributed by atoms with Crippen molar-refractivity contribution in [3.63, 3.8) is 0 Å². The fourth-order valence-corrected chi connectivity index (χ4v) is 6.17. The van der Waals surface area contributed by atoms with Crippen molar-refractivity contribution in [2.24, 2.45) is 0 Å². The summed E-state index contributed by atoms with van der Waals surface area (Å²) in [6, 6.07) is 14.7. The molecular formula is C24H16F4O10S4. The van der Waals surface area contributed by atoms with Crippen LogP contribution in [0.15, 0.2) is 115 Å². The van der Waals surface area contributed by atoms with Gasteiger partial charge in [0.1, 0.15) is 28.2 Å². The smallest absolute Gasteiger partial charge is 0.282 e. The van der Waals surface area contributed by atoms with Crippen molar-refractivity contribution in [3.05, 3.63) is 114 Å². The molecule has 0 aliphatic heterocycles. The molecule has 224 valence electrons. The fraction of sp³-hybridized carbons (Fsp3) is 0. The predicted octanol–water partition coefficient (Wildman–Crippen LogP) is 3.84. The van der Waals surface area contributed by atoms with E-state index in [1.54, 1.807) is 0 Å². The van der Waals surface area contributed by atoms with E-state index in [1.165, 1.54) is 24.3 Å². The van der Waals surface area contributed by atoms with E-state index in [0.717, 1.165) is 54.6 Å². The molecule has 0 amide bonds. The Morgan fingerprint density at radius 1 is 0.476 bits per heavy atom. The van der Waals surface area contributed by atoms with Crippen LogP contribution in [0, 0.1) is 23.3 Å². The molecule has 4 aromatic carbocycles. The van der Waals surface area contributed by atoms with Crippen LogP contribution in [0.2, 0.25) is 0 Å². The molecule has 18 heteroatoms. The maximum Gasteiger partial charge on any atom is 0.425 e. The highest BCUT2D eigenvalue weighted by molar-refractivity contribution is 7.92. The lowest BCUT2D eigenvalue weighted by molar-refractivity contribution is 0.472. The van der Waals surface area contributed by atoms with Crippen molar-refractivity contribution in [2.45, 2.75) is 24.5 Å². The summed E-state index contributed by atoms with van der Waals surface area (Å²) < 4.78 is 156. The molecule has 0 saturated heterocycles. The third-order valence-corrected chi connectivity index (χ3v) is 9.28. The normalized spacial score (nSPS) is 11.4. The average molecular weight is 669 g/mol. The summed E-state index contributed by atoms with van der Waals surface area (Å²) in [5, 5.41) is 0. The van der Waals surface area contributed by atoms with Gasteiger partial charge in [0.2, 0.25) is 19.7 Å². The Morgan fingerprint density at radius 3 is 1.02 bits per heavy atom. The van der Waals surface area contributed by atoms with Crippen LogP contribution < -0.4 is 0 Å². The summed E-state index contributed by atoms with van der Waals surface area (Å²) in [4.78, 5) is -2.03. The first-order chi connectivity index (χ1) is 19.4. The van der Waals surface area contributed by atoms with Crippen molar-refractivity contribution in [2.75, 3.05) is 0 Å². The zero-order valence-corrected chi connectivity index (χ0v) is 23.7. The van der Waals surface area contributed by atoms with E-state index in [2.05, 4.69) is 0 Å². The molecule has 42 heavy (non-hydrogen) atoms. The summed E-state index contributed by atoms with van der Waals surface area (Å²) in [6.07, 6.45) is 0. The first kappa shape index (κ1) is 34.2. The highest BCUT2D eigenvalue weighted by Crippen LogP contribution is 2.25. The van der Waals surface area contributed by atoms with Crippen LogP contribution in [0.3, 0.4) is 0 Å². The molecule has 0 saturated carbocycles. The molecule has 0 aliphatic carbocycles. The lowest BCUT2D eigenvalue weighted by atomic mass is 10.3. The Morgan fingerprint density at radius 2 is 0.738 bits per heavy atom. The molecule has 4 aromatic rings. The molecule has 0 aliphatic rings. The molecule has 0 unspecified atom stereocenters. The van der Waals surface area contributed by atoms with Gasteiger partial charge in [-0.1, -0.05) is 0 Å². The average Bonchev–Trinajstić information content (AvgIpc) is 2.89. The van der Waals surface area contributed by atoms with Crippen LogP contribution in [0.5, 0.6) is 0 Å². The van der Waals surface area contributed by atoms with E-state index >= 15 is 0 Å². The largest absolute Gasteiger partial charge is 0.425 e. The number of rotatable bonds is 5. The monoisotopic (exact) mass is 668 g/mol. The van der Waals surface area contributed by atoms with Crippen LogP contribution in [0.25, 0.3) is 0 Å². The maximum absolute atomic E-state index is 13.3. The van der Waals surface area contributed by atoms with E-state index in [9.17, 15) is 42.8 Å². The molecule has 0 fully saturated rings. The SMILES string of the molecule is O=S(=O)(O)c1cc(S(=O)(=O)c2ccc(F)cc2)ccc1F.O=S(=O)(c1ccc(F)cc1)c1ccc(F)cc1.O=S(=O)=O. The quantitative estimate of drug-likeness (QED) is 0.187. The maximum atomic E-state index is 13.3. The van der Waals surface area contributed by atoms with Gasteiger partial charge in [0.15, 0.2) is 0 Å². The second kappa shape index (κ2) is 13.8. The van der Waals surface area contributed by atoms with E-state index in [4.69, 9.17) is 17.2 Å². The lowest BCUT2D eigenvalue weighted by Crippen LogP contribution is -2.07. The summed E-state index contributed by atoms with van der Waals surface area (Å²) in [6.45, 7) is 0. The van der Waals surface area contributed by atoms with Gasteiger partial charge in [-0.2, -0.15) is 8.42 Å². The van der Waals surface area contributed by atoms with Gasteiger partial charge in [0.25, 0.3) is 10.1 Å². The molecular weight excluding hydrogens is 653 g/mol. The van der Waals surface area contributed by atoms with E-state index < -0.39 is 73.5 Å². The molecule has 0 atom stereocenters. The third kappa shape index (κ3) is 9.28. The van der Waals surface area contributed by atoms with Gasteiger partial charge in [0, 0.05) is 0 Å². The molecule has 0 aromatic heterocycles. The molecule has 10 nitrogen and oxygen atoms in total. The Hall–Kier alpha value is -3.97. The first-order valence-electron chi connectivity index (χ1n) is 10.7.